The van der Waals surface area contributed by atoms with Gasteiger partial charge < -0.3 is 11.5 Å². The second-order valence-electron chi connectivity index (χ2n) is 5.98. The summed E-state index contributed by atoms with van der Waals surface area (Å²) in [5, 5.41) is 0. The molecule has 146 valence electrons. The van der Waals surface area contributed by atoms with Crippen molar-refractivity contribution in [2.45, 2.75) is 12.5 Å². The van der Waals surface area contributed by atoms with E-state index >= 15 is 0 Å². The highest BCUT2D eigenvalue weighted by molar-refractivity contribution is 6.26. The zero-order valence-corrected chi connectivity index (χ0v) is 15.1. The number of hydrogen-bond donors (Lipinski definition) is 2. The Bertz CT molecular complexity index is 950. The van der Waals surface area contributed by atoms with Crippen molar-refractivity contribution in [1.82, 2.24) is 0 Å². The van der Waals surface area contributed by atoms with Crippen LogP contribution in [0.15, 0.2) is 52.6 Å². The van der Waals surface area contributed by atoms with Crippen LogP contribution < -0.4 is 11.5 Å². The Morgan fingerprint density at radius 3 is 2.36 bits per heavy atom. The molecule has 2 aromatic carbocycles. The molecule has 0 saturated heterocycles. The summed E-state index contributed by atoms with van der Waals surface area (Å²) in [5.74, 6) is -3.13. The Labute approximate surface area is 160 Å². The quantitative estimate of drug-likeness (QED) is 0.714. The zero-order chi connectivity index (χ0) is 20.8. The van der Waals surface area contributed by atoms with E-state index in [1.54, 1.807) is 0 Å². The van der Waals surface area contributed by atoms with Gasteiger partial charge in [0.2, 0.25) is 0 Å². The van der Waals surface area contributed by atoms with E-state index in [1.807, 2.05) is 0 Å². The van der Waals surface area contributed by atoms with Gasteiger partial charge in [0.25, 0.3) is 5.91 Å². The van der Waals surface area contributed by atoms with Crippen molar-refractivity contribution >= 4 is 23.9 Å². The normalized spacial score (nSPS) is 13.3. The largest absolute Gasteiger partial charge is 0.366 e. The van der Waals surface area contributed by atoms with E-state index in [2.05, 4.69) is 16.7 Å². The van der Waals surface area contributed by atoms with E-state index in [0.29, 0.717) is 22.4 Å². The molecule has 0 bridgehead atoms. The molecule has 8 heteroatoms. The molecular weight excluding hydrogens is 369 g/mol. The first-order chi connectivity index (χ1) is 13.3. The highest BCUT2D eigenvalue weighted by Gasteiger charge is 2.20. The maximum Gasteiger partial charge on any atom is 0.251 e. The summed E-state index contributed by atoms with van der Waals surface area (Å²) >= 11 is 0. The molecule has 28 heavy (non-hydrogen) atoms. The van der Waals surface area contributed by atoms with Gasteiger partial charge in [-0.05, 0) is 48.5 Å². The van der Waals surface area contributed by atoms with Crippen LogP contribution in [-0.2, 0) is 6.42 Å². The number of nitrogens with two attached hydrogens (primary N) is 2. The zero-order valence-electron chi connectivity index (χ0n) is 15.1. The third-order valence-corrected chi connectivity index (χ3v) is 4.01. The number of rotatable bonds is 7. The number of amides is 1. The predicted molar refractivity (Wildman–Crippen MR) is 104 cm³/mol. The van der Waals surface area contributed by atoms with Crippen LogP contribution in [0.4, 0.5) is 13.2 Å². The van der Waals surface area contributed by atoms with E-state index in [0.717, 1.165) is 12.1 Å². The number of halogens is 3. The van der Waals surface area contributed by atoms with Crippen molar-refractivity contribution in [1.29, 1.82) is 0 Å². The van der Waals surface area contributed by atoms with Crippen molar-refractivity contribution < 1.29 is 18.0 Å². The summed E-state index contributed by atoms with van der Waals surface area (Å²) in [4.78, 5) is 19.3. The number of aliphatic imine (C=N–C) groups is 2. The van der Waals surface area contributed by atoms with Gasteiger partial charge in [-0.25, -0.2) is 13.2 Å². The van der Waals surface area contributed by atoms with Gasteiger partial charge in [0, 0.05) is 24.9 Å². The highest BCUT2D eigenvalue weighted by Crippen LogP contribution is 2.22. The Kier molecular flexibility index (Phi) is 6.84. The number of hydrogen-bond acceptors (Lipinski definition) is 4. The molecule has 1 amide bonds. The molecule has 2 rings (SSSR count). The van der Waals surface area contributed by atoms with Gasteiger partial charge in [-0.3, -0.25) is 14.8 Å². The second kappa shape index (κ2) is 9.09. The summed E-state index contributed by atoms with van der Waals surface area (Å²) in [7, 11) is 1.48. The number of primary amides is 1. The molecule has 4 N–H and O–H groups in total. The van der Waals surface area contributed by atoms with Gasteiger partial charge in [-0.1, -0.05) is 6.07 Å². The summed E-state index contributed by atoms with van der Waals surface area (Å²) in [6.45, 7) is 3.40. The molecule has 0 aromatic heterocycles. The molecule has 0 spiro atoms. The highest BCUT2D eigenvalue weighted by atomic mass is 19.1. The van der Waals surface area contributed by atoms with Crippen LogP contribution in [0, 0.1) is 17.5 Å². The Morgan fingerprint density at radius 1 is 1.18 bits per heavy atom. The number of carbonyl (C=O) groups is 1. The molecular formula is C20H19F3N4O. The molecule has 0 aliphatic rings. The summed E-state index contributed by atoms with van der Waals surface area (Å²) < 4.78 is 40.7. The van der Waals surface area contributed by atoms with E-state index in [4.69, 9.17) is 11.5 Å². The van der Waals surface area contributed by atoms with Gasteiger partial charge in [0.1, 0.15) is 17.5 Å². The van der Waals surface area contributed by atoms with Crippen LogP contribution in [0.5, 0.6) is 0 Å². The maximum absolute atomic E-state index is 13.8. The Hall–Kier alpha value is -3.26. The van der Waals surface area contributed by atoms with Crippen LogP contribution in [-0.4, -0.2) is 31.4 Å². The van der Waals surface area contributed by atoms with Crippen molar-refractivity contribution in [3.8, 4) is 0 Å². The fourth-order valence-electron chi connectivity index (χ4n) is 2.83. The molecule has 0 fully saturated rings. The van der Waals surface area contributed by atoms with Crippen molar-refractivity contribution in [2.24, 2.45) is 21.5 Å². The molecule has 0 unspecified atom stereocenters. The summed E-state index contributed by atoms with van der Waals surface area (Å²) in [6.07, 6.45) is 1.44. The fourth-order valence-corrected chi connectivity index (χ4v) is 2.83. The number of nitrogens with zero attached hydrogens (tertiary/aromatic N) is 2. The number of carbonyl (C=O) groups excluding carboxylic acids is 1. The van der Waals surface area contributed by atoms with Gasteiger partial charge in [-0.2, -0.15) is 0 Å². The lowest BCUT2D eigenvalue weighted by Gasteiger charge is -2.18. The minimum atomic E-state index is -0.931. The average Bonchev–Trinajstić information content (AvgIpc) is 2.61. The minimum Gasteiger partial charge on any atom is -0.366 e. The van der Waals surface area contributed by atoms with Crippen LogP contribution in [0.25, 0.3) is 5.57 Å². The standard InChI is InChI=1S/C20H19F3N4O/c1-26-10-16(12-3-4-17(23)15(8-12)20(25)28)19(27-2)18(24)7-11-5-13(21)9-14(22)6-11/h3-6,8-10,18H,1,7,24H2,2H3,(H2,25,28)/b16-10-,27-19?/t18-/m0/s1. The molecule has 5 nitrogen and oxygen atoms in total. The first-order valence-corrected chi connectivity index (χ1v) is 8.20. The third-order valence-electron chi connectivity index (χ3n) is 4.01. The average molecular weight is 388 g/mol. The van der Waals surface area contributed by atoms with E-state index in [9.17, 15) is 18.0 Å². The van der Waals surface area contributed by atoms with Crippen molar-refractivity contribution in [2.75, 3.05) is 7.05 Å². The van der Waals surface area contributed by atoms with E-state index < -0.39 is 29.4 Å². The van der Waals surface area contributed by atoms with E-state index in [-0.39, 0.29) is 12.0 Å². The molecule has 2 aromatic rings. The lowest BCUT2D eigenvalue weighted by Crippen LogP contribution is -2.33. The molecule has 0 aliphatic carbocycles. The smallest absolute Gasteiger partial charge is 0.251 e. The second-order valence-corrected chi connectivity index (χ2v) is 5.98. The Morgan fingerprint density at radius 2 is 1.82 bits per heavy atom. The first kappa shape index (κ1) is 21.0. The molecule has 0 heterocycles. The number of benzene rings is 2. The van der Waals surface area contributed by atoms with Crippen LogP contribution >= 0.6 is 0 Å². The predicted octanol–water partition coefficient (Wildman–Crippen LogP) is 2.89. The summed E-state index contributed by atoms with van der Waals surface area (Å²) in [5.41, 5.74) is 12.6. The monoisotopic (exact) mass is 388 g/mol. The van der Waals surface area contributed by atoms with Gasteiger partial charge in [-0.15, -0.1) is 0 Å². The fraction of sp³-hybridized carbons (Fsp3) is 0.150. The van der Waals surface area contributed by atoms with Gasteiger partial charge in [0.15, 0.2) is 0 Å². The van der Waals surface area contributed by atoms with Crippen molar-refractivity contribution in [3.63, 3.8) is 0 Å². The molecule has 1 atom stereocenters. The molecule has 0 saturated carbocycles. The SMILES string of the molecule is C=N/C=C(\C(=NC)[C@@H](N)Cc1cc(F)cc(F)c1)c1ccc(F)c(C(N)=O)c1. The molecule has 0 aliphatic heterocycles. The first-order valence-electron chi connectivity index (χ1n) is 8.20. The van der Waals surface area contributed by atoms with Crippen LogP contribution in [0.2, 0.25) is 0 Å². The van der Waals surface area contributed by atoms with Crippen LogP contribution in [0.3, 0.4) is 0 Å². The van der Waals surface area contributed by atoms with Gasteiger partial charge >= 0.3 is 0 Å². The Balaban J connectivity index is 2.43. The maximum atomic E-state index is 13.8. The topological polar surface area (TPSA) is 93.8 Å². The minimum absolute atomic E-state index is 0.0830. The van der Waals surface area contributed by atoms with E-state index in [1.165, 1.54) is 37.5 Å². The third kappa shape index (κ3) is 4.92. The lowest BCUT2D eigenvalue weighted by atomic mass is 9.92. The lowest BCUT2D eigenvalue weighted by molar-refractivity contribution is 0.0996. The van der Waals surface area contributed by atoms with Crippen molar-refractivity contribution in [3.05, 3.63) is 76.7 Å². The van der Waals surface area contributed by atoms with Crippen LogP contribution in [0.1, 0.15) is 21.5 Å². The summed E-state index contributed by atoms with van der Waals surface area (Å²) in [6, 6.07) is 6.12. The van der Waals surface area contributed by atoms with Gasteiger partial charge in [0.05, 0.1) is 17.3 Å². The molecule has 0 radical (unpaired) electrons.